The van der Waals surface area contributed by atoms with E-state index in [4.69, 9.17) is 4.74 Å². The summed E-state index contributed by atoms with van der Waals surface area (Å²) in [5, 5.41) is 6.56. The Morgan fingerprint density at radius 2 is 2.08 bits per heavy atom. The Morgan fingerprint density at radius 3 is 2.81 bits per heavy atom. The van der Waals surface area contributed by atoms with Gasteiger partial charge < -0.3 is 4.74 Å². The second-order valence-corrected chi connectivity index (χ2v) is 12.3. The van der Waals surface area contributed by atoms with Crippen molar-refractivity contribution in [3.63, 3.8) is 0 Å². The first-order valence-corrected chi connectivity index (χ1v) is 14.5. The molecule has 1 aromatic carbocycles. The molecule has 0 N–H and O–H groups in total. The lowest BCUT2D eigenvalue weighted by Gasteiger charge is -2.42. The van der Waals surface area contributed by atoms with E-state index in [1.165, 1.54) is 27.8 Å². The number of carbonyl (C=O) groups excluding carboxylic acids is 1. The van der Waals surface area contributed by atoms with Gasteiger partial charge in [0.05, 0.1) is 35.5 Å². The summed E-state index contributed by atoms with van der Waals surface area (Å²) in [6, 6.07) is 5.25. The van der Waals surface area contributed by atoms with Crippen LogP contribution in [0.2, 0.25) is 0 Å². The van der Waals surface area contributed by atoms with Gasteiger partial charge >= 0.3 is 0 Å². The van der Waals surface area contributed by atoms with E-state index in [9.17, 15) is 17.6 Å². The van der Waals surface area contributed by atoms with Crippen LogP contribution in [0.3, 0.4) is 0 Å². The minimum atomic E-state index is -3.74. The average Bonchev–Trinajstić information content (AvgIpc) is 3.64. The van der Waals surface area contributed by atoms with E-state index < -0.39 is 16.1 Å². The van der Waals surface area contributed by atoms with Gasteiger partial charge in [0, 0.05) is 30.6 Å². The standard InChI is InChI=1S/C25H25FN4O4S2/c26-18-3-5-19(6-4-18)30-22-13-16-7-9-29(36(32,33)15-20-2-1-10-34-20)23(21(16)12-17(22)14-28-30)24(31)25-27-8-11-35-25/h3-6,8,11,13-14,20-21,23H,1-2,7,9-10,12,15H2/t20?,21?,23-/m0/s1. The molecule has 2 aliphatic heterocycles. The molecule has 0 spiro atoms. The summed E-state index contributed by atoms with van der Waals surface area (Å²) in [6.45, 7) is 0.789. The number of ether oxygens (including phenoxy) is 1. The van der Waals surface area contributed by atoms with Crippen molar-refractivity contribution >= 4 is 33.2 Å². The smallest absolute Gasteiger partial charge is 0.217 e. The molecule has 3 aromatic rings. The number of ketones is 1. The number of thiazole rings is 1. The highest BCUT2D eigenvalue weighted by atomic mass is 32.2. The summed E-state index contributed by atoms with van der Waals surface area (Å²) < 4.78 is 49.4. The Kier molecular flexibility index (Phi) is 6.11. The summed E-state index contributed by atoms with van der Waals surface area (Å²) in [7, 11) is -3.74. The van der Waals surface area contributed by atoms with Crippen molar-refractivity contribution in [2.24, 2.45) is 5.92 Å². The maximum Gasteiger partial charge on any atom is 0.217 e. The SMILES string of the molecule is O=C(c1nccs1)[C@@H]1C2Cc3cnn(-c4ccc(F)cc4)c3C=C2CCN1S(=O)(=O)CC1CCCO1. The van der Waals surface area contributed by atoms with Crippen molar-refractivity contribution in [2.45, 2.75) is 37.8 Å². The third kappa shape index (κ3) is 4.23. The van der Waals surface area contributed by atoms with Gasteiger partial charge in [-0.2, -0.15) is 9.40 Å². The van der Waals surface area contributed by atoms with Gasteiger partial charge in [0.1, 0.15) is 5.82 Å². The first kappa shape index (κ1) is 23.7. The predicted octanol–water partition coefficient (Wildman–Crippen LogP) is 3.49. The number of fused-ring (bicyclic) bond motifs is 2. The maximum atomic E-state index is 13.7. The number of halogens is 1. The molecule has 6 rings (SSSR count). The predicted molar refractivity (Wildman–Crippen MR) is 133 cm³/mol. The number of carbonyl (C=O) groups is 1. The summed E-state index contributed by atoms with van der Waals surface area (Å²) >= 11 is 1.22. The van der Waals surface area contributed by atoms with E-state index in [-0.39, 0.29) is 35.9 Å². The zero-order valence-corrected chi connectivity index (χ0v) is 21.0. The third-order valence-electron chi connectivity index (χ3n) is 7.20. The van der Waals surface area contributed by atoms with Crippen LogP contribution in [0.5, 0.6) is 0 Å². The molecule has 8 nitrogen and oxygen atoms in total. The van der Waals surface area contributed by atoms with Crippen LogP contribution >= 0.6 is 11.3 Å². The van der Waals surface area contributed by atoms with Gasteiger partial charge in [-0.3, -0.25) is 4.79 Å². The maximum absolute atomic E-state index is 13.7. The van der Waals surface area contributed by atoms with Crippen LogP contribution in [0.15, 0.2) is 47.6 Å². The van der Waals surface area contributed by atoms with Crippen LogP contribution in [0.1, 0.15) is 40.3 Å². The molecule has 2 unspecified atom stereocenters. The first-order chi connectivity index (χ1) is 17.4. The highest BCUT2D eigenvalue weighted by Gasteiger charge is 2.47. The normalized spacial score (nSPS) is 24.2. The summed E-state index contributed by atoms with van der Waals surface area (Å²) in [6.07, 6.45) is 7.55. The molecule has 2 fully saturated rings. The van der Waals surface area contributed by atoms with Crippen molar-refractivity contribution in [1.29, 1.82) is 0 Å². The van der Waals surface area contributed by atoms with E-state index in [0.29, 0.717) is 30.9 Å². The number of Topliss-reactive ketones (excluding diaryl/α,β-unsaturated/α-hetero) is 1. The number of hydrogen-bond donors (Lipinski definition) is 0. The van der Waals surface area contributed by atoms with Crippen LogP contribution in [-0.4, -0.2) is 64.3 Å². The number of sulfonamides is 1. The van der Waals surface area contributed by atoms with Crippen LogP contribution in [0, 0.1) is 11.7 Å². The van der Waals surface area contributed by atoms with E-state index in [0.717, 1.165) is 28.9 Å². The number of rotatable bonds is 6. The van der Waals surface area contributed by atoms with E-state index in [1.807, 2.05) is 6.08 Å². The Labute approximate surface area is 212 Å². The fourth-order valence-corrected chi connectivity index (χ4v) is 7.99. The molecular formula is C25H25FN4O4S2. The largest absolute Gasteiger partial charge is 0.377 e. The van der Waals surface area contributed by atoms with Gasteiger partial charge in [-0.15, -0.1) is 11.3 Å². The first-order valence-electron chi connectivity index (χ1n) is 12.0. The topological polar surface area (TPSA) is 94.4 Å². The fraction of sp³-hybridized carbons (Fsp3) is 0.400. The molecule has 11 heteroatoms. The second kappa shape index (κ2) is 9.29. The van der Waals surface area contributed by atoms with Gasteiger partial charge in [0.2, 0.25) is 15.8 Å². The van der Waals surface area contributed by atoms with Gasteiger partial charge in [0.15, 0.2) is 5.01 Å². The summed E-state index contributed by atoms with van der Waals surface area (Å²) in [5.74, 6) is -1.02. The van der Waals surface area contributed by atoms with E-state index in [1.54, 1.807) is 34.6 Å². The van der Waals surface area contributed by atoms with Crippen LogP contribution < -0.4 is 0 Å². The Hall–Kier alpha value is -2.73. The lowest BCUT2D eigenvalue weighted by Crippen LogP contribution is -2.55. The van der Waals surface area contributed by atoms with Gasteiger partial charge in [-0.25, -0.2) is 22.5 Å². The molecule has 0 saturated carbocycles. The van der Waals surface area contributed by atoms with Gasteiger partial charge in [0.25, 0.3) is 0 Å². The van der Waals surface area contributed by atoms with Gasteiger partial charge in [-0.1, -0.05) is 5.57 Å². The molecule has 2 aromatic heterocycles. The molecule has 4 heterocycles. The average molecular weight is 529 g/mol. The molecule has 0 radical (unpaired) electrons. The number of nitrogens with zero attached hydrogens (tertiary/aromatic N) is 4. The zero-order valence-electron chi connectivity index (χ0n) is 19.4. The van der Waals surface area contributed by atoms with Gasteiger partial charge in [-0.05, 0) is 61.6 Å². The third-order valence-corrected chi connectivity index (χ3v) is 9.90. The van der Waals surface area contributed by atoms with Crippen molar-refractivity contribution in [2.75, 3.05) is 18.9 Å². The van der Waals surface area contributed by atoms with Crippen molar-refractivity contribution in [3.8, 4) is 5.69 Å². The van der Waals surface area contributed by atoms with Crippen LogP contribution in [-0.2, 0) is 21.2 Å². The quantitative estimate of drug-likeness (QED) is 0.455. The summed E-state index contributed by atoms with van der Waals surface area (Å²) in [5.41, 5.74) is 3.55. The van der Waals surface area contributed by atoms with Crippen molar-refractivity contribution in [3.05, 3.63) is 69.7 Å². The minimum absolute atomic E-state index is 0.117. The fourth-order valence-electron chi connectivity index (χ4n) is 5.50. The number of hydrogen-bond acceptors (Lipinski definition) is 7. The Balaban J connectivity index is 1.37. The van der Waals surface area contributed by atoms with Crippen LogP contribution in [0.4, 0.5) is 4.39 Å². The molecule has 3 aliphatic rings. The molecule has 1 aliphatic carbocycles. The lowest BCUT2D eigenvalue weighted by molar-refractivity contribution is 0.0820. The van der Waals surface area contributed by atoms with Crippen molar-refractivity contribution < 1.29 is 22.3 Å². The Bertz CT molecular complexity index is 1410. The monoisotopic (exact) mass is 528 g/mol. The summed E-state index contributed by atoms with van der Waals surface area (Å²) in [4.78, 5) is 17.9. The zero-order chi connectivity index (χ0) is 24.9. The molecule has 2 saturated heterocycles. The highest BCUT2D eigenvalue weighted by molar-refractivity contribution is 7.89. The second-order valence-electron chi connectivity index (χ2n) is 9.39. The lowest BCUT2D eigenvalue weighted by atomic mass is 9.76. The molecule has 3 atom stereocenters. The number of benzene rings is 1. The number of piperidine rings is 1. The molecule has 0 bridgehead atoms. The molecule has 188 valence electrons. The van der Waals surface area contributed by atoms with E-state index >= 15 is 0 Å². The minimum Gasteiger partial charge on any atom is -0.377 e. The molecular weight excluding hydrogens is 503 g/mol. The number of aromatic nitrogens is 3. The molecule has 0 amide bonds. The van der Waals surface area contributed by atoms with Crippen LogP contribution in [0.25, 0.3) is 11.8 Å². The van der Waals surface area contributed by atoms with E-state index in [2.05, 4.69) is 10.1 Å². The van der Waals surface area contributed by atoms with Crippen molar-refractivity contribution in [1.82, 2.24) is 19.1 Å². The highest BCUT2D eigenvalue weighted by Crippen LogP contribution is 2.41. The Morgan fingerprint density at radius 1 is 1.25 bits per heavy atom. The molecule has 36 heavy (non-hydrogen) atoms.